The van der Waals surface area contributed by atoms with Crippen LogP contribution in [-0.2, 0) is 4.79 Å². The quantitative estimate of drug-likeness (QED) is 0.343. The van der Waals surface area contributed by atoms with Gasteiger partial charge >= 0.3 is 0 Å². The van der Waals surface area contributed by atoms with E-state index in [0.29, 0.717) is 16.5 Å². The predicted molar refractivity (Wildman–Crippen MR) is 105 cm³/mol. The maximum Gasteiger partial charge on any atom is 0.271 e. The third kappa shape index (κ3) is 4.44. The van der Waals surface area contributed by atoms with E-state index in [2.05, 4.69) is 5.32 Å². The van der Waals surface area contributed by atoms with E-state index in [-0.39, 0.29) is 11.4 Å². The minimum absolute atomic E-state index is 0.279. The van der Waals surface area contributed by atoms with E-state index in [4.69, 9.17) is 16.0 Å². The second-order valence-corrected chi connectivity index (χ2v) is 6.32. The number of nitro benzene ring substituents is 1. The molecular weight excluding hydrogens is 387 g/mol. The lowest BCUT2D eigenvalue weighted by atomic mass is 10.1. The van der Waals surface area contributed by atoms with Crippen LogP contribution in [0.15, 0.2) is 59.0 Å². The van der Waals surface area contributed by atoms with Crippen LogP contribution in [0.2, 0.25) is 5.02 Å². The van der Waals surface area contributed by atoms with Gasteiger partial charge in [0.1, 0.15) is 17.3 Å². The first-order valence-corrected chi connectivity index (χ1v) is 8.50. The van der Waals surface area contributed by atoms with Crippen LogP contribution < -0.4 is 5.32 Å². The van der Waals surface area contributed by atoms with Gasteiger partial charge in [0.2, 0.25) is 5.91 Å². The van der Waals surface area contributed by atoms with Crippen molar-refractivity contribution in [1.29, 1.82) is 0 Å². The Bertz CT molecular complexity index is 1090. The Hall–Kier alpha value is -3.45. The highest BCUT2D eigenvalue weighted by molar-refractivity contribution is 6.31. The van der Waals surface area contributed by atoms with Crippen molar-refractivity contribution in [2.75, 3.05) is 5.32 Å². The molecule has 0 spiro atoms. The van der Waals surface area contributed by atoms with Gasteiger partial charge in [0.15, 0.2) is 0 Å². The van der Waals surface area contributed by atoms with Crippen LogP contribution >= 0.6 is 11.6 Å². The summed E-state index contributed by atoms with van der Waals surface area (Å²) in [7, 11) is 0. The third-order valence-electron chi connectivity index (χ3n) is 3.90. The lowest BCUT2D eigenvalue weighted by Gasteiger charge is -2.03. The van der Waals surface area contributed by atoms with Gasteiger partial charge in [-0.3, -0.25) is 14.9 Å². The molecule has 0 aliphatic rings. The van der Waals surface area contributed by atoms with Gasteiger partial charge in [0.25, 0.3) is 5.69 Å². The second-order valence-electron chi connectivity index (χ2n) is 5.91. The summed E-state index contributed by atoms with van der Waals surface area (Å²) in [6.45, 7) is 1.89. The highest BCUT2D eigenvalue weighted by Gasteiger charge is 2.12. The van der Waals surface area contributed by atoms with Gasteiger partial charge in [-0.1, -0.05) is 23.7 Å². The molecule has 0 atom stereocenters. The minimum Gasteiger partial charge on any atom is -0.457 e. The van der Waals surface area contributed by atoms with E-state index in [1.54, 1.807) is 18.2 Å². The largest absolute Gasteiger partial charge is 0.457 e. The molecule has 0 unspecified atom stereocenters. The summed E-state index contributed by atoms with van der Waals surface area (Å²) in [5.41, 5.74) is 1.13. The Morgan fingerprint density at radius 3 is 2.71 bits per heavy atom. The number of aryl methyl sites for hydroxylation is 1. The number of amides is 1. The number of nitrogens with one attached hydrogen (secondary N) is 1. The van der Waals surface area contributed by atoms with E-state index >= 15 is 0 Å². The number of anilines is 1. The number of nitrogens with zero attached hydrogens (tertiary/aromatic N) is 1. The Kier molecular flexibility index (Phi) is 5.56. The maximum absolute atomic E-state index is 13.7. The first-order valence-electron chi connectivity index (χ1n) is 8.13. The molecule has 1 N–H and O–H groups in total. The van der Waals surface area contributed by atoms with Crippen LogP contribution in [-0.4, -0.2) is 10.8 Å². The molecule has 0 aliphatic heterocycles. The van der Waals surface area contributed by atoms with E-state index in [0.717, 1.165) is 35.4 Å². The fourth-order valence-electron chi connectivity index (χ4n) is 2.40. The highest BCUT2D eigenvalue weighted by atomic mass is 35.5. The van der Waals surface area contributed by atoms with E-state index in [1.807, 2.05) is 19.1 Å². The first-order chi connectivity index (χ1) is 13.3. The molecule has 0 fully saturated rings. The number of carbonyl (C=O) groups is 1. The molecule has 0 saturated heterocycles. The number of non-ortho nitro benzene ring substituents is 1. The number of hydrogen-bond donors (Lipinski definition) is 1. The van der Waals surface area contributed by atoms with Crippen LogP contribution in [0.5, 0.6) is 0 Å². The number of furan rings is 1. The number of carbonyl (C=O) groups excluding carboxylic acids is 1. The maximum atomic E-state index is 13.7. The molecule has 6 nitrogen and oxygen atoms in total. The van der Waals surface area contributed by atoms with Gasteiger partial charge in [-0.15, -0.1) is 0 Å². The molecule has 142 valence electrons. The molecule has 1 amide bonds. The van der Waals surface area contributed by atoms with Gasteiger partial charge in [-0.05, 0) is 42.8 Å². The normalized spacial score (nSPS) is 11.0. The Morgan fingerprint density at radius 1 is 1.21 bits per heavy atom. The average Bonchev–Trinajstić information content (AvgIpc) is 3.13. The van der Waals surface area contributed by atoms with Gasteiger partial charge in [-0.25, -0.2) is 4.39 Å². The summed E-state index contributed by atoms with van der Waals surface area (Å²) in [6.07, 6.45) is 2.55. The van der Waals surface area contributed by atoms with Crippen molar-refractivity contribution >= 4 is 35.0 Å². The second kappa shape index (κ2) is 8.06. The molecule has 0 bridgehead atoms. The lowest BCUT2D eigenvalue weighted by Crippen LogP contribution is -2.09. The Labute approximate surface area is 164 Å². The zero-order valence-electron chi connectivity index (χ0n) is 14.6. The monoisotopic (exact) mass is 400 g/mol. The average molecular weight is 401 g/mol. The smallest absolute Gasteiger partial charge is 0.271 e. The van der Waals surface area contributed by atoms with E-state index in [9.17, 15) is 19.3 Å². The van der Waals surface area contributed by atoms with Crippen molar-refractivity contribution in [2.45, 2.75) is 6.92 Å². The summed E-state index contributed by atoms with van der Waals surface area (Å²) in [5.74, 6) is -0.451. The van der Waals surface area contributed by atoms with Gasteiger partial charge in [0, 0.05) is 28.8 Å². The topological polar surface area (TPSA) is 85.4 Å². The van der Waals surface area contributed by atoms with Crippen molar-refractivity contribution in [2.24, 2.45) is 0 Å². The van der Waals surface area contributed by atoms with Crippen LogP contribution in [0.25, 0.3) is 17.4 Å². The number of nitro groups is 1. The fraction of sp³-hybridized carbons (Fsp3) is 0.0500. The highest BCUT2D eigenvalue weighted by Crippen LogP contribution is 2.27. The molecule has 0 radical (unpaired) electrons. The van der Waals surface area contributed by atoms with Crippen molar-refractivity contribution in [3.8, 4) is 11.3 Å². The summed E-state index contributed by atoms with van der Waals surface area (Å²) in [5, 5.41) is 13.6. The number of benzene rings is 2. The number of halogens is 2. The molecule has 2 aromatic carbocycles. The summed E-state index contributed by atoms with van der Waals surface area (Å²) in [6, 6.07) is 11.8. The van der Waals surface area contributed by atoms with Crippen LogP contribution in [0.4, 0.5) is 15.8 Å². The predicted octanol–water partition coefficient (Wildman–Crippen LogP) is 5.61. The molecule has 1 aromatic heterocycles. The SMILES string of the molecule is Cc1ccc(-c2ccc(/C=C/C(=O)Nc3cc([N+](=O)[O-])ccc3F)o2)cc1Cl. The molecule has 3 rings (SSSR count). The Balaban J connectivity index is 1.71. The Morgan fingerprint density at radius 2 is 2.00 bits per heavy atom. The summed E-state index contributed by atoms with van der Waals surface area (Å²) >= 11 is 6.11. The molecule has 3 aromatic rings. The fourth-order valence-corrected chi connectivity index (χ4v) is 2.58. The van der Waals surface area contributed by atoms with Crippen LogP contribution in [0.3, 0.4) is 0 Å². The molecule has 28 heavy (non-hydrogen) atoms. The molecule has 8 heteroatoms. The molecule has 1 heterocycles. The summed E-state index contributed by atoms with van der Waals surface area (Å²) in [4.78, 5) is 22.1. The van der Waals surface area contributed by atoms with Crippen molar-refractivity contribution in [1.82, 2.24) is 0 Å². The van der Waals surface area contributed by atoms with Crippen molar-refractivity contribution in [3.05, 3.63) is 86.9 Å². The molecule has 0 saturated carbocycles. The van der Waals surface area contributed by atoms with Gasteiger partial charge in [-0.2, -0.15) is 0 Å². The third-order valence-corrected chi connectivity index (χ3v) is 4.31. The summed E-state index contributed by atoms with van der Waals surface area (Å²) < 4.78 is 19.4. The zero-order chi connectivity index (χ0) is 20.3. The van der Waals surface area contributed by atoms with E-state index < -0.39 is 16.6 Å². The minimum atomic E-state index is -0.774. The van der Waals surface area contributed by atoms with E-state index in [1.165, 1.54) is 6.08 Å². The van der Waals surface area contributed by atoms with Crippen LogP contribution in [0, 0.1) is 22.9 Å². The van der Waals surface area contributed by atoms with Gasteiger partial charge < -0.3 is 9.73 Å². The number of rotatable bonds is 5. The molecule has 0 aliphatic carbocycles. The molecular formula is C20H14ClFN2O4. The van der Waals surface area contributed by atoms with Crippen molar-refractivity contribution < 1.29 is 18.5 Å². The first kappa shape index (κ1) is 19.3. The number of hydrogen-bond acceptors (Lipinski definition) is 4. The standard InChI is InChI=1S/C20H14ClFN2O4/c1-12-2-3-13(10-16(12)21)19-8-5-15(28-19)6-9-20(25)23-18-11-14(24(26)27)4-7-17(18)22/h2-11H,1H3,(H,23,25)/b9-6+. The lowest BCUT2D eigenvalue weighted by molar-refractivity contribution is -0.384. The zero-order valence-corrected chi connectivity index (χ0v) is 15.4. The van der Waals surface area contributed by atoms with Crippen molar-refractivity contribution in [3.63, 3.8) is 0 Å². The van der Waals surface area contributed by atoms with Gasteiger partial charge in [0.05, 0.1) is 10.6 Å². The van der Waals surface area contributed by atoms with Crippen LogP contribution in [0.1, 0.15) is 11.3 Å².